The summed E-state index contributed by atoms with van der Waals surface area (Å²) in [4.78, 5) is 16.8. The number of aryl methyl sites for hydroxylation is 1. The molecular formula is C14H16FN3OS. The van der Waals surface area contributed by atoms with Crippen LogP contribution in [0.3, 0.4) is 0 Å². The van der Waals surface area contributed by atoms with Gasteiger partial charge in [0.2, 0.25) is 5.91 Å². The zero-order valence-electron chi connectivity index (χ0n) is 11.1. The van der Waals surface area contributed by atoms with Crippen molar-refractivity contribution >= 4 is 29.2 Å². The topological polar surface area (TPSA) is 41.0 Å². The molecule has 20 heavy (non-hydrogen) atoms. The monoisotopic (exact) mass is 293 g/mol. The third kappa shape index (κ3) is 2.35. The third-order valence-electron chi connectivity index (χ3n) is 3.77. The van der Waals surface area contributed by atoms with Crippen molar-refractivity contribution in [3.63, 3.8) is 0 Å². The van der Waals surface area contributed by atoms with Crippen LogP contribution >= 0.6 is 12.2 Å². The Hall–Kier alpha value is -1.69. The van der Waals surface area contributed by atoms with Gasteiger partial charge in [0.05, 0.1) is 5.52 Å². The molecule has 106 valence electrons. The molecule has 0 saturated carbocycles. The Kier molecular flexibility index (Phi) is 3.56. The molecule has 0 spiro atoms. The maximum Gasteiger partial charge on any atom is 0.224 e. The van der Waals surface area contributed by atoms with Crippen LogP contribution < -0.4 is 0 Å². The van der Waals surface area contributed by atoms with E-state index in [4.69, 9.17) is 12.2 Å². The number of likely N-dealkylation sites (tertiary alicyclic amines) is 1. The lowest BCUT2D eigenvalue weighted by molar-refractivity contribution is -0.130. The van der Waals surface area contributed by atoms with E-state index >= 15 is 0 Å². The van der Waals surface area contributed by atoms with Crippen molar-refractivity contribution in [3.8, 4) is 0 Å². The summed E-state index contributed by atoms with van der Waals surface area (Å²) < 4.78 is 15.9. The van der Waals surface area contributed by atoms with E-state index in [0.29, 0.717) is 28.8 Å². The van der Waals surface area contributed by atoms with Crippen molar-refractivity contribution in [1.29, 1.82) is 0 Å². The molecule has 1 aromatic carbocycles. The Bertz CT molecular complexity index is 700. The second kappa shape index (κ2) is 5.36. The number of aromatic nitrogens is 2. The second-order valence-corrected chi connectivity index (χ2v) is 5.44. The molecule has 1 fully saturated rings. The average Bonchev–Trinajstić information content (AvgIpc) is 3.05. The number of amides is 1. The summed E-state index contributed by atoms with van der Waals surface area (Å²) in [6.07, 6.45) is 2.57. The van der Waals surface area contributed by atoms with Crippen molar-refractivity contribution in [2.45, 2.75) is 25.8 Å². The largest absolute Gasteiger partial charge is 0.343 e. The predicted octanol–water partition coefficient (Wildman–Crippen LogP) is 2.85. The zero-order chi connectivity index (χ0) is 14.1. The van der Waals surface area contributed by atoms with Crippen LogP contribution in [-0.4, -0.2) is 33.4 Å². The van der Waals surface area contributed by atoms with Gasteiger partial charge in [0.25, 0.3) is 0 Å². The molecule has 1 amide bonds. The minimum atomic E-state index is -0.321. The van der Waals surface area contributed by atoms with Crippen LogP contribution in [0.2, 0.25) is 0 Å². The van der Waals surface area contributed by atoms with Crippen molar-refractivity contribution in [2.75, 3.05) is 13.1 Å². The quantitative estimate of drug-likeness (QED) is 0.884. The van der Waals surface area contributed by atoms with E-state index in [-0.39, 0.29) is 11.7 Å². The summed E-state index contributed by atoms with van der Waals surface area (Å²) in [6.45, 7) is 2.19. The van der Waals surface area contributed by atoms with Gasteiger partial charge in [-0.25, -0.2) is 4.39 Å². The van der Waals surface area contributed by atoms with E-state index < -0.39 is 0 Å². The van der Waals surface area contributed by atoms with Crippen LogP contribution in [0, 0.1) is 10.6 Å². The van der Waals surface area contributed by atoms with Crippen LogP contribution in [0.1, 0.15) is 19.3 Å². The first-order chi connectivity index (χ1) is 9.66. The fourth-order valence-electron chi connectivity index (χ4n) is 2.70. The molecule has 0 aliphatic carbocycles. The summed E-state index contributed by atoms with van der Waals surface area (Å²) in [5.74, 6) is -0.173. The van der Waals surface area contributed by atoms with Crippen molar-refractivity contribution < 1.29 is 9.18 Å². The van der Waals surface area contributed by atoms with Crippen LogP contribution in [0.15, 0.2) is 18.2 Å². The van der Waals surface area contributed by atoms with Gasteiger partial charge in [-0.3, -0.25) is 4.79 Å². The van der Waals surface area contributed by atoms with Crippen molar-refractivity contribution in [2.24, 2.45) is 0 Å². The second-order valence-electron chi connectivity index (χ2n) is 5.05. The summed E-state index contributed by atoms with van der Waals surface area (Å²) in [7, 11) is 0. The molecule has 0 unspecified atom stereocenters. The number of hydrogen-bond acceptors (Lipinski definition) is 2. The van der Waals surface area contributed by atoms with Gasteiger partial charge in [-0.1, -0.05) is 6.07 Å². The molecule has 1 aromatic heterocycles. The lowest BCUT2D eigenvalue weighted by atomic mass is 10.3. The summed E-state index contributed by atoms with van der Waals surface area (Å²) in [5.41, 5.74) is 1.12. The fourth-order valence-corrected chi connectivity index (χ4v) is 2.99. The molecule has 6 heteroatoms. The van der Waals surface area contributed by atoms with Crippen molar-refractivity contribution in [3.05, 3.63) is 28.8 Å². The number of H-pyrrole nitrogens is 1. The molecular weight excluding hydrogens is 277 g/mol. The van der Waals surface area contributed by atoms with E-state index in [9.17, 15) is 9.18 Å². The fraction of sp³-hybridized carbons (Fsp3) is 0.429. The molecule has 2 aromatic rings. The number of carbonyl (C=O) groups excluding carboxylic acids is 1. The lowest BCUT2D eigenvalue weighted by Crippen LogP contribution is -2.28. The maximum absolute atomic E-state index is 13.7. The molecule has 2 heterocycles. The normalized spacial score (nSPS) is 15.2. The predicted molar refractivity (Wildman–Crippen MR) is 77.5 cm³/mol. The molecule has 1 N–H and O–H groups in total. The molecule has 4 nitrogen and oxygen atoms in total. The first-order valence-corrected chi connectivity index (χ1v) is 7.22. The van der Waals surface area contributed by atoms with Gasteiger partial charge in [-0.15, -0.1) is 0 Å². The van der Waals surface area contributed by atoms with Gasteiger partial charge < -0.3 is 14.5 Å². The summed E-state index contributed by atoms with van der Waals surface area (Å²) in [6, 6.07) is 4.86. The maximum atomic E-state index is 13.7. The highest BCUT2D eigenvalue weighted by atomic mass is 32.1. The molecule has 3 rings (SSSR count). The SMILES string of the molecule is O=C(CCn1c(=S)[nH]c2c(F)cccc21)N1CCCC1. The molecule has 1 aliphatic heterocycles. The smallest absolute Gasteiger partial charge is 0.224 e. The number of imidazole rings is 1. The molecule has 0 atom stereocenters. The van der Waals surface area contributed by atoms with E-state index in [1.54, 1.807) is 10.6 Å². The number of nitrogens with zero attached hydrogens (tertiary/aromatic N) is 2. The van der Waals surface area contributed by atoms with E-state index in [1.807, 2.05) is 11.0 Å². The number of nitrogens with one attached hydrogen (secondary N) is 1. The lowest BCUT2D eigenvalue weighted by Gasteiger charge is -2.15. The van der Waals surface area contributed by atoms with E-state index in [0.717, 1.165) is 25.9 Å². The number of hydrogen-bond donors (Lipinski definition) is 1. The molecule has 1 saturated heterocycles. The van der Waals surface area contributed by atoms with Gasteiger partial charge in [0.1, 0.15) is 11.3 Å². The molecule has 0 bridgehead atoms. The minimum absolute atomic E-state index is 0.148. The number of aromatic amines is 1. The number of benzene rings is 1. The first-order valence-electron chi connectivity index (χ1n) is 6.81. The Balaban J connectivity index is 1.80. The standard InChI is InChI=1S/C14H16FN3OS/c15-10-4-3-5-11-13(10)16-14(20)18(11)9-6-12(19)17-7-1-2-8-17/h3-5H,1-2,6-9H2,(H,16,20). The summed E-state index contributed by atoms with van der Waals surface area (Å²) >= 11 is 5.22. The Labute approximate surface area is 121 Å². The third-order valence-corrected chi connectivity index (χ3v) is 4.09. The average molecular weight is 293 g/mol. The minimum Gasteiger partial charge on any atom is -0.343 e. The highest BCUT2D eigenvalue weighted by molar-refractivity contribution is 7.71. The number of halogens is 1. The number of rotatable bonds is 3. The highest BCUT2D eigenvalue weighted by Crippen LogP contribution is 2.18. The van der Waals surface area contributed by atoms with E-state index in [2.05, 4.69) is 4.98 Å². The summed E-state index contributed by atoms with van der Waals surface area (Å²) in [5, 5.41) is 0. The Morgan fingerprint density at radius 2 is 2.10 bits per heavy atom. The van der Waals surface area contributed by atoms with E-state index in [1.165, 1.54) is 6.07 Å². The van der Waals surface area contributed by atoms with Gasteiger partial charge in [-0.2, -0.15) is 0 Å². The van der Waals surface area contributed by atoms with Gasteiger partial charge in [-0.05, 0) is 37.2 Å². The Morgan fingerprint density at radius 3 is 2.85 bits per heavy atom. The van der Waals surface area contributed by atoms with Crippen LogP contribution in [0.5, 0.6) is 0 Å². The first kappa shape index (κ1) is 13.3. The number of carbonyl (C=O) groups is 1. The van der Waals surface area contributed by atoms with Gasteiger partial charge in [0, 0.05) is 26.1 Å². The van der Waals surface area contributed by atoms with Crippen LogP contribution in [0.4, 0.5) is 4.39 Å². The molecule has 0 radical (unpaired) electrons. The van der Waals surface area contributed by atoms with Crippen LogP contribution in [-0.2, 0) is 11.3 Å². The highest BCUT2D eigenvalue weighted by Gasteiger charge is 2.18. The van der Waals surface area contributed by atoms with Gasteiger partial charge >= 0.3 is 0 Å². The molecule has 1 aliphatic rings. The van der Waals surface area contributed by atoms with Gasteiger partial charge in [0.15, 0.2) is 4.77 Å². The number of para-hydroxylation sites is 1. The number of fused-ring (bicyclic) bond motifs is 1. The van der Waals surface area contributed by atoms with Crippen LogP contribution in [0.25, 0.3) is 11.0 Å². The van der Waals surface area contributed by atoms with Crippen molar-refractivity contribution in [1.82, 2.24) is 14.5 Å². The Morgan fingerprint density at radius 1 is 1.35 bits per heavy atom. The zero-order valence-corrected chi connectivity index (χ0v) is 11.9.